The summed E-state index contributed by atoms with van der Waals surface area (Å²) in [6, 6.07) is 10.7. The summed E-state index contributed by atoms with van der Waals surface area (Å²) in [7, 11) is 3.19. The topological polar surface area (TPSA) is 87.7 Å². The number of ether oxygens (including phenoxy) is 2. The SMILES string of the molecule is COc1cc(C(=O)OCc2nnc3n(C)c(=O)c4cc(C)ccc4n23)ccc1C. The summed E-state index contributed by atoms with van der Waals surface area (Å²) in [6.07, 6.45) is 0. The maximum atomic E-state index is 12.6. The molecule has 0 amide bonds. The molecule has 29 heavy (non-hydrogen) atoms. The Kier molecular flexibility index (Phi) is 4.54. The number of hydrogen-bond donors (Lipinski definition) is 0. The number of methoxy groups -OCH3 is 1. The number of carbonyl (C=O) groups is 1. The van der Waals surface area contributed by atoms with E-state index in [1.54, 1.807) is 36.8 Å². The highest BCUT2D eigenvalue weighted by Gasteiger charge is 2.17. The molecule has 0 aliphatic rings. The van der Waals surface area contributed by atoms with Gasteiger partial charge in [0.1, 0.15) is 5.75 Å². The summed E-state index contributed by atoms with van der Waals surface area (Å²) >= 11 is 0. The van der Waals surface area contributed by atoms with E-state index in [0.29, 0.717) is 33.8 Å². The summed E-state index contributed by atoms with van der Waals surface area (Å²) in [4.78, 5) is 25.1. The third-order valence-electron chi connectivity index (χ3n) is 4.92. The zero-order valence-electron chi connectivity index (χ0n) is 16.6. The lowest BCUT2D eigenvalue weighted by Gasteiger charge is -2.10. The summed E-state index contributed by atoms with van der Waals surface area (Å²) in [5.74, 6) is 0.931. The highest BCUT2D eigenvalue weighted by atomic mass is 16.5. The molecular weight excluding hydrogens is 372 g/mol. The molecule has 0 aliphatic heterocycles. The second kappa shape index (κ2) is 7.05. The van der Waals surface area contributed by atoms with Crippen LogP contribution in [0.15, 0.2) is 41.2 Å². The van der Waals surface area contributed by atoms with Gasteiger partial charge in [-0.15, -0.1) is 10.2 Å². The summed E-state index contributed by atoms with van der Waals surface area (Å²) in [6.45, 7) is 3.73. The van der Waals surface area contributed by atoms with Crippen LogP contribution in [0.4, 0.5) is 0 Å². The lowest BCUT2D eigenvalue weighted by Crippen LogP contribution is -2.20. The van der Waals surface area contributed by atoms with E-state index in [1.807, 2.05) is 32.0 Å². The fraction of sp³-hybridized carbons (Fsp3) is 0.238. The second-order valence-electron chi connectivity index (χ2n) is 6.90. The molecule has 0 aliphatic carbocycles. The van der Waals surface area contributed by atoms with Crippen molar-refractivity contribution in [2.75, 3.05) is 7.11 Å². The van der Waals surface area contributed by atoms with Crippen molar-refractivity contribution in [3.63, 3.8) is 0 Å². The lowest BCUT2D eigenvalue weighted by molar-refractivity contribution is 0.0461. The van der Waals surface area contributed by atoms with Gasteiger partial charge in [-0.2, -0.15) is 0 Å². The fourth-order valence-electron chi connectivity index (χ4n) is 3.31. The van der Waals surface area contributed by atoms with Crippen molar-refractivity contribution in [3.05, 3.63) is 69.3 Å². The normalized spacial score (nSPS) is 11.2. The van der Waals surface area contributed by atoms with Crippen molar-refractivity contribution in [3.8, 4) is 5.75 Å². The van der Waals surface area contributed by atoms with E-state index < -0.39 is 5.97 Å². The molecule has 148 valence electrons. The average molecular weight is 392 g/mol. The predicted octanol–water partition coefficient (Wildman–Crippen LogP) is 2.56. The standard InChI is InChI=1S/C21H20N4O4/c1-12-5-8-16-15(9-12)19(26)24(3)21-23-22-18(25(16)21)11-29-20(27)14-7-6-13(2)17(10-14)28-4/h5-10H,11H2,1-4H3. The summed E-state index contributed by atoms with van der Waals surface area (Å²) in [5, 5.41) is 8.79. The summed E-state index contributed by atoms with van der Waals surface area (Å²) < 4.78 is 13.9. The molecule has 8 heteroatoms. The average Bonchev–Trinajstić information content (AvgIpc) is 3.14. The molecule has 0 unspecified atom stereocenters. The van der Waals surface area contributed by atoms with Gasteiger partial charge in [0.2, 0.25) is 5.78 Å². The van der Waals surface area contributed by atoms with E-state index in [4.69, 9.17) is 9.47 Å². The van der Waals surface area contributed by atoms with Gasteiger partial charge in [0, 0.05) is 7.05 Å². The molecule has 2 aromatic carbocycles. The van der Waals surface area contributed by atoms with Gasteiger partial charge >= 0.3 is 5.97 Å². The van der Waals surface area contributed by atoms with E-state index in [9.17, 15) is 9.59 Å². The van der Waals surface area contributed by atoms with Crippen LogP contribution in [0.5, 0.6) is 5.75 Å². The molecule has 2 aromatic heterocycles. The van der Waals surface area contributed by atoms with Crippen molar-refractivity contribution in [1.82, 2.24) is 19.2 Å². The van der Waals surface area contributed by atoms with Crippen molar-refractivity contribution in [2.45, 2.75) is 20.5 Å². The van der Waals surface area contributed by atoms with Gasteiger partial charge in [-0.05, 0) is 43.7 Å². The minimum Gasteiger partial charge on any atom is -0.496 e. The Bertz CT molecular complexity index is 1320. The minimum atomic E-state index is -0.495. The smallest absolute Gasteiger partial charge is 0.338 e. The molecular formula is C21H20N4O4. The zero-order valence-corrected chi connectivity index (χ0v) is 16.6. The van der Waals surface area contributed by atoms with Gasteiger partial charge in [-0.3, -0.25) is 13.8 Å². The quantitative estimate of drug-likeness (QED) is 0.496. The summed E-state index contributed by atoms with van der Waals surface area (Å²) in [5.41, 5.74) is 2.80. The van der Waals surface area contributed by atoms with Crippen molar-refractivity contribution in [1.29, 1.82) is 0 Å². The van der Waals surface area contributed by atoms with Crippen molar-refractivity contribution < 1.29 is 14.3 Å². The van der Waals surface area contributed by atoms with Crippen LogP contribution >= 0.6 is 0 Å². The van der Waals surface area contributed by atoms with Gasteiger partial charge in [0.25, 0.3) is 5.56 Å². The maximum Gasteiger partial charge on any atom is 0.338 e. The largest absolute Gasteiger partial charge is 0.496 e. The highest BCUT2D eigenvalue weighted by molar-refractivity contribution is 5.90. The Morgan fingerprint density at radius 1 is 1.10 bits per heavy atom. The fourth-order valence-corrected chi connectivity index (χ4v) is 3.31. The number of nitrogens with zero attached hydrogens (tertiary/aromatic N) is 4. The number of carbonyl (C=O) groups excluding carboxylic acids is 1. The molecule has 0 N–H and O–H groups in total. The van der Waals surface area contributed by atoms with Crippen LogP contribution in [0, 0.1) is 13.8 Å². The molecule has 0 saturated heterocycles. The van der Waals surface area contributed by atoms with Crippen LogP contribution in [-0.2, 0) is 18.4 Å². The number of aryl methyl sites for hydroxylation is 3. The predicted molar refractivity (Wildman–Crippen MR) is 107 cm³/mol. The Morgan fingerprint density at radius 3 is 2.66 bits per heavy atom. The van der Waals surface area contributed by atoms with Crippen LogP contribution in [0.25, 0.3) is 16.7 Å². The number of benzene rings is 2. The first-order chi connectivity index (χ1) is 13.9. The van der Waals surface area contributed by atoms with Gasteiger partial charge in [0.15, 0.2) is 12.4 Å². The van der Waals surface area contributed by atoms with Gasteiger partial charge in [-0.25, -0.2) is 4.79 Å². The van der Waals surface area contributed by atoms with Gasteiger partial charge < -0.3 is 9.47 Å². The molecule has 2 heterocycles. The monoisotopic (exact) mass is 392 g/mol. The van der Waals surface area contributed by atoms with E-state index in [-0.39, 0.29) is 12.2 Å². The number of hydrogen-bond acceptors (Lipinski definition) is 6. The Hall–Kier alpha value is -3.68. The zero-order chi connectivity index (χ0) is 20.7. The minimum absolute atomic E-state index is 0.0859. The molecule has 0 saturated carbocycles. The van der Waals surface area contributed by atoms with E-state index in [0.717, 1.165) is 11.1 Å². The Balaban J connectivity index is 1.71. The third kappa shape index (κ3) is 3.12. The number of esters is 1. The number of aromatic nitrogens is 4. The Morgan fingerprint density at radius 2 is 1.90 bits per heavy atom. The van der Waals surface area contributed by atoms with Crippen LogP contribution in [-0.4, -0.2) is 32.2 Å². The van der Waals surface area contributed by atoms with E-state index in [2.05, 4.69) is 10.2 Å². The maximum absolute atomic E-state index is 12.6. The van der Waals surface area contributed by atoms with E-state index >= 15 is 0 Å². The Labute approximate surface area is 166 Å². The van der Waals surface area contributed by atoms with Crippen molar-refractivity contribution >= 4 is 22.6 Å². The van der Waals surface area contributed by atoms with E-state index in [1.165, 1.54) is 4.57 Å². The van der Waals surface area contributed by atoms with Crippen LogP contribution in [0.3, 0.4) is 0 Å². The first-order valence-electron chi connectivity index (χ1n) is 9.06. The third-order valence-corrected chi connectivity index (χ3v) is 4.92. The molecule has 4 aromatic rings. The molecule has 0 bridgehead atoms. The highest BCUT2D eigenvalue weighted by Crippen LogP contribution is 2.20. The van der Waals surface area contributed by atoms with Gasteiger partial charge in [-0.1, -0.05) is 17.7 Å². The first-order valence-corrected chi connectivity index (χ1v) is 9.06. The molecule has 0 fully saturated rings. The molecule has 8 nitrogen and oxygen atoms in total. The molecule has 4 rings (SSSR count). The molecule has 0 atom stereocenters. The first kappa shape index (κ1) is 18.7. The lowest BCUT2D eigenvalue weighted by atomic mass is 10.1. The van der Waals surface area contributed by atoms with Gasteiger partial charge in [0.05, 0.1) is 23.6 Å². The molecule has 0 radical (unpaired) electrons. The van der Waals surface area contributed by atoms with Crippen LogP contribution < -0.4 is 10.3 Å². The van der Waals surface area contributed by atoms with Crippen LogP contribution in [0.1, 0.15) is 27.3 Å². The second-order valence-corrected chi connectivity index (χ2v) is 6.90. The van der Waals surface area contributed by atoms with Crippen molar-refractivity contribution in [2.24, 2.45) is 7.05 Å². The molecule has 0 spiro atoms. The number of fused-ring (bicyclic) bond motifs is 3. The number of rotatable bonds is 4. The van der Waals surface area contributed by atoms with Crippen LogP contribution in [0.2, 0.25) is 0 Å².